The Morgan fingerprint density at radius 1 is 1.25 bits per heavy atom. The number of rotatable bonds is 6. The van der Waals surface area contributed by atoms with Crippen LogP contribution in [0.15, 0.2) is 0 Å². The van der Waals surface area contributed by atoms with Crippen molar-refractivity contribution in [2.45, 2.75) is 39.7 Å². The van der Waals surface area contributed by atoms with E-state index in [1.165, 1.54) is 13.8 Å². The van der Waals surface area contributed by atoms with E-state index in [1.807, 2.05) is 13.8 Å². The summed E-state index contributed by atoms with van der Waals surface area (Å²) >= 11 is 0. The van der Waals surface area contributed by atoms with Crippen LogP contribution in [-0.4, -0.2) is 36.2 Å². The molecule has 0 saturated carbocycles. The van der Waals surface area contributed by atoms with Gasteiger partial charge in [0.2, 0.25) is 5.91 Å². The fourth-order valence-corrected chi connectivity index (χ4v) is 1.30. The summed E-state index contributed by atoms with van der Waals surface area (Å²) in [5, 5.41) is 11.6. The van der Waals surface area contributed by atoms with Crippen molar-refractivity contribution in [3.8, 4) is 0 Å². The van der Waals surface area contributed by atoms with E-state index < -0.39 is 16.9 Å². The number of carbonyl (C=O) groups excluding carboxylic acids is 1. The molecule has 0 unspecified atom stereocenters. The minimum Gasteiger partial charge on any atom is -0.481 e. The summed E-state index contributed by atoms with van der Waals surface area (Å²) in [5.41, 5.74) is -1.53. The van der Waals surface area contributed by atoms with E-state index in [2.05, 4.69) is 5.32 Å². The van der Waals surface area contributed by atoms with Crippen molar-refractivity contribution in [3.05, 3.63) is 0 Å². The third kappa shape index (κ3) is 5.11. The van der Waals surface area contributed by atoms with Crippen LogP contribution < -0.4 is 5.32 Å². The number of methoxy groups -OCH3 is 1. The monoisotopic (exact) mass is 231 g/mol. The zero-order chi connectivity index (χ0) is 13.0. The Kier molecular flexibility index (Phi) is 4.93. The molecule has 5 nitrogen and oxygen atoms in total. The number of carboxylic acids is 1. The molecule has 0 aliphatic carbocycles. The summed E-state index contributed by atoms with van der Waals surface area (Å²) in [4.78, 5) is 22.5. The highest BCUT2D eigenvalue weighted by atomic mass is 16.5. The molecular formula is C11H21NO4. The Morgan fingerprint density at radius 2 is 1.75 bits per heavy atom. The Morgan fingerprint density at radius 3 is 2.12 bits per heavy atom. The van der Waals surface area contributed by atoms with E-state index in [9.17, 15) is 9.59 Å². The zero-order valence-electron chi connectivity index (χ0n) is 10.6. The van der Waals surface area contributed by atoms with E-state index >= 15 is 0 Å². The molecule has 16 heavy (non-hydrogen) atoms. The second-order valence-electron chi connectivity index (χ2n) is 5.23. The molecule has 0 aromatic rings. The van der Waals surface area contributed by atoms with Crippen molar-refractivity contribution in [1.82, 2.24) is 5.32 Å². The van der Waals surface area contributed by atoms with Crippen molar-refractivity contribution < 1.29 is 19.4 Å². The maximum absolute atomic E-state index is 11.6. The summed E-state index contributed by atoms with van der Waals surface area (Å²) in [6, 6.07) is 0. The van der Waals surface area contributed by atoms with Crippen LogP contribution in [0, 0.1) is 5.41 Å². The molecule has 94 valence electrons. The van der Waals surface area contributed by atoms with Crippen LogP contribution in [0.25, 0.3) is 0 Å². The largest absolute Gasteiger partial charge is 0.481 e. The molecule has 0 saturated heterocycles. The highest BCUT2D eigenvalue weighted by Crippen LogP contribution is 2.20. The number of carboxylic acid groups (broad SMARTS) is 1. The molecule has 0 atom stereocenters. The highest BCUT2D eigenvalue weighted by molar-refractivity contribution is 5.84. The fourth-order valence-electron chi connectivity index (χ4n) is 1.30. The van der Waals surface area contributed by atoms with Gasteiger partial charge in [-0.25, -0.2) is 0 Å². The summed E-state index contributed by atoms with van der Waals surface area (Å²) < 4.78 is 4.95. The molecule has 0 radical (unpaired) electrons. The van der Waals surface area contributed by atoms with Gasteiger partial charge in [-0.05, 0) is 27.7 Å². The number of ether oxygens (including phenoxy) is 1. The van der Waals surface area contributed by atoms with E-state index in [4.69, 9.17) is 9.84 Å². The molecule has 0 aromatic heterocycles. The van der Waals surface area contributed by atoms with Crippen LogP contribution in [0.4, 0.5) is 0 Å². The number of hydrogen-bond acceptors (Lipinski definition) is 3. The van der Waals surface area contributed by atoms with Gasteiger partial charge in [0, 0.05) is 13.5 Å². The molecule has 0 aromatic carbocycles. The fraction of sp³-hybridized carbons (Fsp3) is 0.818. The van der Waals surface area contributed by atoms with Crippen LogP contribution in [0.1, 0.15) is 34.1 Å². The molecule has 5 heteroatoms. The van der Waals surface area contributed by atoms with Crippen molar-refractivity contribution in [2.75, 3.05) is 13.7 Å². The first-order valence-electron chi connectivity index (χ1n) is 5.14. The summed E-state index contributed by atoms with van der Waals surface area (Å²) in [7, 11) is 1.55. The molecule has 0 aliphatic rings. The first kappa shape index (κ1) is 14.9. The normalized spacial score (nSPS) is 12.3. The van der Waals surface area contributed by atoms with E-state index in [0.717, 1.165) is 0 Å². The van der Waals surface area contributed by atoms with Gasteiger partial charge >= 0.3 is 5.97 Å². The van der Waals surface area contributed by atoms with E-state index in [0.29, 0.717) is 6.61 Å². The standard InChI is InChI=1S/C11H21NO4/c1-10(2,9(14)15)6-8(13)12-11(3,4)7-16-5/h6-7H2,1-5H3,(H,12,13)(H,14,15). The molecule has 2 N–H and O–H groups in total. The number of amides is 1. The molecule has 0 fully saturated rings. The number of carbonyl (C=O) groups is 2. The maximum Gasteiger partial charge on any atom is 0.309 e. The molecule has 0 spiro atoms. The maximum atomic E-state index is 11.6. The Labute approximate surface area is 96.2 Å². The SMILES string of the molecule is COCC(C)(C)NC(=O)CC(C)(C)C(=O)O. The average molecular weight is 231 g/mol. The smallest absolute Gasteiger partial charge is 0.309 e. The summed E-state index contributed by atoms with van der Waals surface area (Å²) in [6.45, 7) is 7.08. The zero-order valence-corrected chi connectivity index (χ0v) is 10.6. The van der Waals surface area contributed by atoms with Crippen LogP contribution in [0.5, 0.6) is 0 Å². The van der Waals surface area contributed by atoms with Gasteiger partial charge in [0.15, 0.2) is 0 Å². The number of nitrogens with one attached hydrogen (secondary N) is 1. The van der Waals surface area contributed by atoms with Crippen molar-refractivity contribution in [2.24, 2.45) is 5.41 Å². The summed E-state index contributed by atoms with van der Waals surface area (Å²) in [6.07, 6.45) is -0.0462. The second kappa shape index (κ2) is 5.30. The highest BCUT2D eigenvalue weighted by Gasteiger charge is 2.32. The third-order valence-corrected chi connectivity index (χ3v) is 2.16. The first-order valence-corrected chi connectivity index (χ1v) is 5.14. The lowest BCUT2D eigenvalue weighted by atomic mass is 9.89. The Hall–Kier alpha value is -1.10. The van der Waals surface area contributed by atoms with Crippen molar-refractivity contribution >= 4 is 11.9 Å². The van der Waals surface area contributed by atoms with Gasteiger partial charge in [-0.2, -0.15) is 0 Å². The minimum atomic E-state index is -1.05. The average Bonchev–Trinajstić information content (AvgIpc) is 1.99. The van der Waals surface area contributed by atoms with Gasteiger partial charge in [0.1, 0.15) is 0 Å². The van der Waals surface area contributed by atoms with Crippen LogP contribution >= 0.6 is 0 Å². The molecule has 0 bridgehead atoms. The van der Waals surface area contributed by atoms with Gasteiger partial charge < -0.3 is 15.2 Å². The minimum absolute atomic E-state index is 0.0462. The topological polar surface area (TPSA) is 75.6 Å². The quantitative estimate of drug-likeness (QED) is 0.716. The lowest BCUT2D eigenvalue weighted by Gasteiger charge is -2.27. The number of hydrogen-bond donors (Lipinski definition) is 2. The molecule has 0 heterocycles. The van der Waals surface area contributed by atoms with Gasteiger partial charge in [-0.15, -0.1) is 0 Å². The lowest BCUT2D eigenvalue weighted by Crippen LogP contribution is -2.48. The Bertz CT molecular complexity index is 271. The molecule has 1 amide bonds. The third-order valence-electron chi connectivity index (χ3n) is 2.16. The van der Waals surface area contributed by atoms with Gasteiger partial charge in [0.25, 0.3) is 0 Å². The Balaban J connectivity index is 4.34. The second-order valence-corrected chi connectivity index (χ2v) is 5.23. The lowest BCUT2D eigenvalue weighted by molar-refractivity contribution is -0.149. The first-order chi connectivity index (χ1) is 7.10. The van der Waals surface area contributed by atoms with Crippen LogP contribution in [0.2, 0.25) is 0 Å². The molecule has 0 aliphatic heterocycles. The summed E-state index contributed by atoms with van der Waals surface area (Å²) in [5.74, 6) is -1.26. The van der Waals surface area contributed by atoms with Gasteiger partial charge in [-0.1, -0.05) is 0 Å². The van der Waals surface area contributed by atoms with Crippen LogP contribution in [0.3, 0.4) is 0 Å². The molecule has 0 rings (SSSR count). The van der Waals surface area contributed by atoms with Gasteiger partial charge in [0.05, 0.1) is 17.6 Å². The van der Waals surface area contributed by atoms with E-state index in [-0.39, 0.29) is 12.3 Å². The van der Waals surface area contributed by atoms with Crippen molar-refractivity contribution in [3.63, 3.8) is 0 Å². The van der Waals surface area contributed by atoms with Gasteiger partial charge in [-0.3, -0.25) is 9.59 Å². The van der Waals surface area contributed by atoms with Crippen molar-refractivity contribution in [1.29, 1.82) is 0 Å². The molecular weight excluding hydrogens is 210 g/mol. The number of aliphatic carboxylic acids is 1. The predicted octanol–water partition coefficient (Wildman–Crippen LogP) is 1.03. The predicted molar refractivity (Wildman–Crippen MR) is 60.1 cm³/mol. The van der Waals surface area contributed by atoms with E-state index in [1.54, 1.807) is 7.11 Å². The van der Waals surface area contributed by atoms with Crippen LogP contribution in [-0.2, 0) is 14.3 Å².